The maximum atomic E-state index is 12.8. The SMILES string of the molecule is CC(=O)O[C@]12[C@@H]3O[C@@H]3[C@@]3(CO3)[C@@]1(C)C[C@@H]1OC(=O)[C@@H]2[C@H]1C(C)(C)O. The largest absolute Gasteiger partial charge is 0.462 e. The molecule has 7 heteroatoms. The van der Waals surface area contributed by atoms with E-state index in [1.807, 2.05) is 6.92 Å². The Balaban J connectivity index is 1.72. The van der Waals surface area contributed by atoms with Crippen LogP contribution in [0.2, 0.25) is 0 Å². The van der Waals surface area contributed by atoms with Gasteiger partial charge in [0.2, 0.25) is 0 Å². The first-order valence-corrected chi connectivity index (χ1v) is 8.50. The molecule has 3 saturated heterocycles. The molecule has 0 unspecified atom stereocenters. The molecule has 5 aliphatic rings. The van der Waals surface area contributed by atoms with Crippen molar-refractivity contribution in [2.24, 2.45) is 17.3 Å². The predicted molar refractivity (Wildman–Crippen MR) is 77.7 cm³/mol. The van der Waals surface area contributed by atoms with Crippen molar-refractivity contribution in [3.63, 3.8) is 0 Å². The number of carbonyl (C=O) groups excluding carboxylic acids is 2. The average molecular weight is 338 g/mol. The van der Waals surface area contributed by atoms with Crippen molar-refractivity contribution in [2.45, 2.75) is 69.2 Å². The van der Waals surface area contributed by atoms with Gasteiger partial charge in [-0.3, -0.25) is 9.59 Å². The molecule has 2 bridgehead atoms. The summed E-state index contributed by atoms with van der Waals surface area (Å²) in [5.74, 6) is -2.07. The van der Waals surface area contributed by atoms with E-state index in [2.05, 4.69) is 0 Å². The van der Waals surface area contributed by atoms with Crippen molar-refractivity contribution in [1.82, 2.24) is 0 Å². The maximum absolute atomic E-state index is 12.8. The van der Waals surface area contributed by atoms with E-state index in [9.17, 15) is 14.7 Å². The average Bonchev–Trinajstić information content (AvgIpc) is 3.28. The molecular formula is C17H22O7. The fourth-order valence-electron chi connectivity index (χ4n) is 6.17. The van der Waals surface area contributed by atoms with Gasteiger partial charge in [0.15, 0.2) is 5.60 Å². The molecule has 3 heterocycles. The smallest absolute Gasteiger partial charge is 0.313 e. The van der Waals surface area contributed by atoms with E-state index >= 15 is 0 Å². The number of hydrogen-bond acceptors (Lipinski definition) is 7. The molecule has 3 aliphatic heterocycles. The number of epoxide rings is 2. The summed E-state index contributed by atoms with van der Waals surface area (Å²) in [6.45, 7) is 7.24. The third kappa shape index (κ3) is 1.35. The molecule has 0 aromatic heterocycles. The monoisotopic (exact) mass is 338 g/mol. The van der Waals surface area contributed by atoms with Crippen molar-refractivity contribution < 1.29 is 33.6 Å². The summed E-state index contributed by atoms with van der Waals surface area (Å²) >= 11 is 0. The van der Waals surface area contributed by atoms with Gasteiger partial charge in [-0.2, -0.15) is 0 Å². The van der Waals surface area contributed by atoms with Gasteiger partial charge < -0.3 is 24.1 Å². The summed E-state index contributed by atoms with van der Waals surface area (Å²) in [5.41, 5.74) is -3.36. The first-order valence-electron chi connectivity index (χ1n) is 8.50. The molecule has 5 fully saturated rings. The lowest BCUT2D eigenvalue weighted by molar-refractivity contribution is -0.229. The van der Waals surface area contributed by atoms with Crippen molar-refractivity contribution in [3.8, 4) is 0 Å². The number of hydrogen-bond donors (Lipinski definition) is 1. The zero-order chi connectivity index (χ0) is 17.3. The predicted octanol–water partition coefficient (Wildman–Crippen LogP) is 0.177. The number of fused-ring (bicyclic) bond motifs is 8. The first-order chi connectivity index (χ1) is 11.1. The van der Waals surface area contributed by atoms with Crippen LogP contribution < -0.4 is 0 Å². The molecule has 24 heavy (non-hydrogen) atoms. The minimum atomic E-state index is -1.14. The molecular weight excluding hydrogens is 316 g/mol. The number of ether oxygens (including phenoxy) is 4. The summed E-state index contributed by atoms with van der Waals surface area (Å²) < 4.78 is 23.2. The van der Waals surface area contributed by atoms with Crippen LogP contribution in [-0.4, -0.2) is 58.8 Å². The van der Waals surface area contributed by atoms with Crippen molar-refractivity contribution in [3.05, 3.63) is 0 Å². The molecule has 2 saturated carbocycles. The fourth-order valence-corrected chi connectivity index (χ4v) is 6.17. The molecule has 2 aliphatic carbocycles. The third-order valence-corrected chi connectivity index (χ3v) is 7.11. The molecule has 0 amide bonds. The number of carbonyl (C=O) groups is 2. The minimum Gasteiger partial charge on any atom is -0.462 e. The second-order valence-corrected chi connectivity index (χ2v) is 8.71. The summed E-state index contributed by atoms with van der Waals surface area (Å²) in [6.07, 6.45) is -0.449. The van der Waals surface area contributed by atoms with E-state index in [4.69, 9.17) is 18.9 Å². The third-order valence-electron chi connectivity index (χ3n) is 7.11. The Labute approximate surface area is 139 Å². The zero-order valence-corrected chi connectivity index (χ0v) is 14.2. The van der Waals surface area contributed by atoms with Crippen LogP contribution in [-0.2, 0) is 28.5 Å². The molecule has 8 atom stereocenters. The summed E-state index contributed by atoms with van der Waals surface area (Å²) in [4.78, 5) is 24.8. The van der Waals surface area contributed by atoms with Crippen LogP contribution in [0.25, 0.3) is 0 Å². The van der Waals surface area contributed by atoms with Gasteiger partial charge in [0, 0.05) is 18.3 Å². The highest BCUT2D eigenvalue weighted by Crippen LogP contribution is 2.77. The lowest BCUT2D eigenvalue weighted by atomic mass is 9.52. The fraction of sp³-hybridized carbons (Fsp3) is 0.882. The maximum Gasteiger partial charge on any atom is 0.313 e. The topological polar surface area (TPSA) is 97.9 Å². The van der Waals surface area contributed by atoms with Gasteiger partial charge in [0.05, 0.1) is 12.2 Å². The molecule has 5 rings (SSSR count). The Morgan fingerprint density at radius 1 is 1.38 bits per heavy atom. The van der Waals surface area contributed by atoms with Crippen LogP contribution in [0.4, 0.5) is 0 Å². The van der Waals surface area contributed by atoms with Crippen LogP contribution in [0, 0.1) is 17.3 Å². The molecule has 0 aromatic carbocycles. The van der Waals surface area contributed by atoms with Gasteiger partial charge in [-0.15, -0.1) is 0 Å². The zero-order valence-electron chi connectivity index (χ0n) is 14.2. The van der Waals surface area contributed by atoms with Gasteiger partial charge in [-0.1, -0.05) is 6.92 Å². The number of aliphatic hydroxyl groups is 1. The quantitative estimate of drug-likeness (QED) is 0.566. The molecule has 132 valence electrons. The second-order valence-electron chi connectivity index (χ2n) is 8.71. The van der Waals surface area contributed by atoms with Crippen molar-refractivity contribution in [2.75, 3.05) is 6.61 Å². The van der Waals surface area contributed by atoms with Gasteiger partial charge in [-0.05, 0) is 20.3 Å². The number of esters is 2. The van der Waals surface area contributed by atoms with Gasteiger partial charge >= 0.3 is 11.9 Å². The number of rotatable bonds is 2. The molecule has 0 aromatic rings. The van der Waals surface area contributed by atoms with E-state index < -0.39 is 52.1 Å². The highest BCUT2D eigenvalue weighted by Gasteiger charge is 2.94. The standard InChI is InChI=1S/C17H22O7/c1-7(18)24-17-10-9(14(2,3)20)8(22-13(10)19)5-15(17,4)16(6-21-16)11-12(17)23-11/h8-12,20H,5-6H2,1-4H3/t8-,9-,10-,11-,12+,15+,16-,17+/m0/s1. The van der Waals surface area contributed by atoms with E-state index in [0.29, 0.717) is 13.0 Å². The van der Waals surface area contributed by atoms with E-state index in [-0.39, 0.29) is 12.2 Å². The highest BCUT2D eigenvalue weighted by atomic mass is 16.7. The lowest BCUT2D eigenvalue weighted by Gasteiger charge is -2.54. The second kappa shape index (κ2) is 3.81. The Bertz CT molecular complexity index is 662. The van der Waals surface area contributed by atoms with Crippen LogP contribution in [0.15, 0.2) is 0 Å². The Kier molecular flexibility index (Phi) is 2.40. The van der Waals surface area contributed by atoms with Gasteiger partial charge in [0.25, 0.3) is 0 Å². The van der Waals surface area contributed by atoms with Crippen LogP contribution in [0.3, 0.4) is 0 Å². The first kappa shape index (κ1) is 15.1. The van der Waals surface area contributed by atoms with E-state index in [1.54, 1.807) is 13.8 Å². The van der Waals surface area contributed by atoms with Gasteiger partial charge in [-0.25, -0.2) is 0 Å². The van der Waals surface area contributed by atoms with Gasteiger partial charge in [0.1, 0.15) is 29.8 Å². The molecule has 1 spiro atoms. The van der Waals surface area contributed by atoms with E-state index in [0.717, 1.165) is 0 Å². The molecule has 7 nitrogen and oxygen atoms in total. The van der Waals surface area contributed by atoms with Crippen LogP contribution >= 0.6 is 0 Å². The molecule has 1 N–H and O–H groups in total. The van der Waals surface area contributed by atoms with Crippen LogP contribution in [0.5, 0.6) is 0 Å². The van der Waals surface area contributed by atoms with E-state index in [1.165, 1.54) is 6.92 Å². The van der Waals surface area contributed by atoms with Crippen molar-refractivity contribution in [1.29, 1.82) is 0 Å². The van der Waals surface area contributed by atoms with Crippen LogP contribution in [0.1, 0.15) is 34.1 Å². The minimum absolute atomic E-state index is 0.156. The Hall–Kier alpha value is -1.18. The Morgan fingerprint density at radius 2 is 2.04 bits per heavy atom. The highest BCUT2D eigenvalue weighted by molar-refractivity contribution is 5.80. The van der Waals surface area contributed by atoms with Crippen molar-refractivity contribution >= 4 is 11.9 Å². The Morgan fingerprint density at radius 3 is 2.58 bits per heavy atom. The summed E-state index contributed by atoms with van der Waals surface area (Å²) in [5, 5.41) is 10.7. The normalized spacial score (nSPS) is 56.5. The lowest BCUT2D eigenvalue weighted by Crippen LogP contribution is -2.68. The summed E-state index contributed by atoms with van der Waals surface area (Å²) in [7, 11) is 0. The molecule has 0 radical (unpaired) electrons. The summed E-state index contributed by atoms with van der Waals surface area (Å²) in [6, 6.07) is 0.